The molecule has 1 rings (SSSR count). The largest absolute Gasteiger partial charge is 0.388 e. The number of thiocarbonyl (C=S) groups is 1. The molecule has 3 N–H and O–H groups in total. The van der Waals surface area contributed by atoms with Gasteiger partial charge < -0.3 is 11.1 Å². The van der Waals surface area contributed by atoms with Crippen molar-refractivity contribution in [2.24, 2.45) is 11.7 Å². The van der Waals surface area contributed by atoms with Gasteiger partial charge in [0.25, 0.3) is 0 Å². The lowest BCUT2D eigenvalue weighted by molar-refractivity contribution is 0.523. The molecular weight excluding hydrogens is 254 g/mol. The molecule has 4 heteroatoms. The fourth-order valence-electron chi connectivity index (χ4n) is 2.00. The highest BCUT2D eigenvalue weighted by atomic mass is 32.1. The number of aromatic nitrogens is 1. The maximum absolute atomic E-state index is 5.64. The van der Waals surface area contributed by atoms with E-state index in [1.54, 1.807) is 6.20 Å². The number of hydrogen-bond acceptors (Lipinski definition) is 3. The molecule has 0 saturated heterocycles. The van der Waals surface area contributed by atoms with E-state index in [1.807, 2.05) is 12.1 Å². The minimum absolute atomic E-state index is 0.347. The second-order valence-corrected chi connectivity index (χ2v) is 5.73. The molecule has 0 aromatic carbocycles. The summed E-state index contributed by atoms with van der Waals surface area (Å²) in [6.45, 7) is 5.51. The first-order chi connectivity index (χ1) is 9.11. The molecule has 0 atom stereocenters. The average molecular weight is 279 g/mol. The van der Waals surface area contributed by atoms with Crippen LogP contribution in [0.4, 0.5) is 5.69 Å². The van der Waals surface area contributed by atoms with Crippen molar-refractivity contribution in [2.75, 3.05) is 11.9 Å². The van der Waals surface area contributed by atoms with E-state index in [-0.39, 0.29) is 0 Å². The van der Waals surface area contributed by atoms with Gasteiger partial charge in [0, 0.05) is 12.7 Å². The molecular formula is C15H25N3S. The lowest BCUT2D eigenvalue weighted by Crippen LogP contribution is -2.15. The third kappa shape index (κ3) is 6.53. The van der Waals surface area contributed by atoms with Gasteiger partial charge in [0.05, 0.1) is 5.69 Å². The summed E-state index contributed by atoms with van der Waals surface area (Å²) < 4.78 is 0. The first-order valence-corrected chi connectivity index (χ1v) is 7.50. The van der Waals surface area contributed by atoms with E-state index >= 15 is 0 Å². The highest BCUT2D eigenvalue weighted by molar-refractivity contribution is 7.80. The molecule has 0 bridgehead atoms. The minimum atomic E-state index is 0.347. The number of unbranched alkanes of at least 4 members (excludes halogenated alkanes) is 3. The summed E-state index contributed by atoms with van der Waals surface area (Å²) in [5, 5.41) is 3.36. The van der Waals surface area contributed by atoms with Crippen LogP contribution < -0.4 is 11.1 Å². The molecule has 0 spiro atoms. The highest BCUT2D eigenvalue weighted by Crippen LogP contribution is 2.13. The van der Waals surface area contributed by atoms with Crippen molar-refractivity contribution in [3.8, 4) is 0 Å². The average Bonchev–Trinajstić information content (AvgIpc) is 2.37. The summed E-state index contributed by atoms with van der Waals surface area (Å²) in [7, 11) is 0. The molecule has 0 unspecified atom stereocenters. The Bertz CT molecular complexity index is 391. The fraction of sp³-hybridized carbons (Fsp3) is 0.600. The lowest BCUT2D eigenvalue weighted by atomic mass is 10.0. The van der Waals surface area contributed by atoms with Crippen LogP contribution in [0, 0.1) is 5.92 Å². The quantitative estimate of drug-likeness (QED) is 0.534. The third-order valence-corrected chi connectivity index (χ3v) is 3.26. The van der Waals surface area contributed by atoms with Crippen LogP contribution in [-0.2, 0) is 0 Å². The first-order valence-electron chi connectivity index (χ1n) is 7.10. The number of hydrogen-bond donors (Lipinski definition) is 2. The van der Waals surface area contributed by atoms with Crippen LogP contribution in [-0.4, -0.2) is 16.5 Å². The van der Waals surface area contributed by atoms with E-state index in [9.17, 15) is 0 Å². The van der Waals surface area contributed by atoms with Crippen LogP contribution in [0.2, 0.25) is 0 Å². The summed E-state index contributed by atoms with van der Waals surface area (Å²) >= 11 is 4.99. The minimum Gasteiger partial charge on any atom is -0.388 e. The maximum Gasteiger partial charge on any atom is 0.124 e. The van der Waals surface area contributed by atoms with Crippen LogP contribution in [0.15, 0.2) is 18.3 Å². The monoisotopic (exact) mass is 279 g/mol. The normalized spacial score (nSPS) is 10.7. The van der Waals surface area contributed by atoms with E-state index in [0.717, 1.165) is 18.2 Å². The molecule has 106 valence electrons. The van der Waals surface area contributed by atoms with Crippen LogP contribution >= 0.6 is 12.2 Å². The number of pyridine rings is 1. The second-order valence-electron chi connectivity index (χ2n) is 5.29. The summed E-state index contributed by atoms with van der Waals surface area (Å²) in [6.07, 6.45) is 8.14. The molecule has 1 heterocycles. The van der Waals surface area contributed by atoms with E-state index < -0.39 is 0 Å². The van der Waals surface area contributed by atoms with Crippen molar-refractivity contribution in [3.05, 3.63) is 24.0 Å². The Hall–Kier alpha value is -1.16. The zero-order chi connectivity index (χ0) is 14.1. The Morgan fingerprint density at radius 3 is 2.74 bits per heavy atom. The van der Waals surface area contributed by atoms with Gasteiger partial charge in [0.15, 0.2) is 0 Å². The molecule has 3 nitrogen and oxygen atoms in total. The molecule has 0 amide bonds. The molecule has 0 aliphatic rings. The molecule has 1 aromatic rings. The lowest BCUT2D eigenvalue weighted by Gasteiger charge is -2.10. The second kappa shape index (κ2) is 8.86. The summed E-state index contributed by atoms with van der Waals surface area (Å²) in [6, 6.07) is 3.87. The summed E-state index contributed by atoms with van der Waals surface area (Å²) in [5.74, 6) is 0.821. The molecule has 0 fully saturated rings. The van der Waals surface area contributed by atoms with E-state index in [2.05, 4.69) is 24.1 Å². The van der Waals surface area contributed by atoms with Crippen LogP contribution in [0.5, 0.6) is 0 Å². The fourth-order valence-corrected chi connectivity index (χ4v) is 2.16. The van der Waals surface area contributed by atoms with Crippen molar-refractivity contribution in [1.29, 1.82) is 0 Å². The van der Waals surface area contributed by atoms with E-state index in [0.29, 0.717) is 10.7 Å². The van der Waals surface area contributed by atoms with Crippen molar-refractivity contribution in [2.45, 2.75) is 46.0 Å². The van der Waals surface area contributed by atoms with E-state index in [1.165, 1.54) is 32.1 Å². The number of nitrogens with two attached hydrogens (primary N) is 1. The molecule has 1 aromatic heterocycles. The SMILES string of the molecule is CC(C)CCCCCCNc1cccnc1C(N)=S. The van der Waals surface area contributed by atoms with Gasteiger partial charge >= 0.3 is 0 Å². The maximum atomic E-state index is 5.64. The Morgan fingerprint density at radius 1 is 1.32 bits per heavy atom. The van der Waals surface area contributed by atoms with Gasteiger partial charge in [-0.15, -0.1) is 0 Å². The zero-order valence-corrected chi connectivity index (χ0v) is 12.8. The Morgan fingerprint density at radius 2 is 2.05 bits per heavy atom. The summed E-state index contributed by atoms with van der Waals surface area (Å²) in [5.41, 5.74) is 7.28. The predicted octanol–water partition coefficient (Wildman–Crippen LogP) is 3.73. The molecule has 0 radical (unpaired) electrons. The Labute approximate surface area is 122 Å². The molecule has 19 heavy (non-hydrogen) atoms. The van der Waals surface area contributed by atoms with Crippen molar-refractivity contribution >= 4 is 22.9 Å². The smallest absolute Gasteiger partial charge is 0.124 e. The van der Waals surface area contributed by atoms with Crippen LogP contribution in [0.1, 0.15) is 51.6 Å². The zero-order valence-electron chi connectivity index (χ0n) is 12.0. The Balaban J connectivity index is 2.21. The van der Waals surface area contributed by atoms with Gasteiger partial charge in [-0.05, 0) is 24.5 Å². The summed E-state index contributed by atoms with van der Waals surface area (Å²) in [4.78, 5) is 4.54. The number of rotatable bonds is 9. The highest BCUT2D eigenvalue weighted by Gasteiger charge is 2.04. The van der Waals surface area contributed by atoms with Crippen molar-refractivity contribution in [1.82, 2.24) is 4.98 Å². The van der Waals surface area contributed by atoms with E-state index in [4.69, 9.17) is 18.0 Å². The topological polar surface area (TPSA) is 50.9 Å². The predicted molar refractivity (Wildman–Crippen MR) is 86.5 cm³/mol. The molecule has 0 saturated carbocycles. The Kier molecular flexibility index (Phi) is 7.41. The number of nitrogens with one attached hydrogen (secondary N) is 1. The van der Waals surface area contributed by atoms with Gasteiger partial charge in [-0.2, -0.15) is 0 Å². The van der Waals surface area contributed by atoms with Gasteiger partial charge in [-0.1, -0.05) is 51.7 Å². The van der Waals surface area contributed by atoms with Gasteiger partial charge in [0.1, 0.15) is 10.7 Å². The first kappa shape index (κ1) is 15.9. The van der Waals surface area contributed by atoms with Crippen molar-refractivity contribution in [3.63, 3.8) is 0 Å². The van der Waals surface area contributed by atoms with Gasteiger partial charge in [-0.3, -0.25) is 4.98 Å². The number of nitrogens with zero attached hydrogens (tertiary/aromatic N) is 1. The molecule has 0 aliphatic carbocycles. The van der Waals surface area contributed by atoms with Crippen molar-refractivity contribution < 1.29 is 0 Å². The number of anilines is 1. The van der Waals surface area contributed by atoms with Crippen LogP contribution in [0.3, 0.4) is 0 Å². The third-order valence-electron chi connectivity index (χ3n) is 3.06. The molecule has 0 aliphatic heterocycles. The standard InChI is InChI=1S/C15H25N3S/c1-12(2)8-5-3-4-6-10-17-13-9-7-11-18-14(13)15(16)19/h7,9,11-12,17H,3-6,8,10H2,1-2H3,(H2,16,19). The van der Waals surface area contributed by atoms with Gasteiger partial charge in [-0.25, -0.2) is 0 Å². The van der Waals surface area contributed by atoms with Crippen LogP contribution in [0.25, 0.3) is 0 Å². The van der Waals surface area contributed by atoms with Gasteiger partial charge in [0.2, 0.25) is 0 Å².